The molecule has 8 nitrogen and oxygen atoms in total. The molecule has 0 aliphatic heterocycles. The van der Waals surface area contributed by atoms with E-state index in [0.29, 0.717) is 11.4 Å². The first-order valence-corrected chi connectivity index (χ1v) is 7.18. The minimum atomic E-state index is -1.22. The first kappa shape index (κ1) is 20.0. The van der Waals surface area contributed by atoms with E-state index in [4.69, 9.17) is 24.4 Å². The van der Waals surface area contributed by atoms with Crippen LogP contribution < -0.4 is 33.9 Å². The summed E-state index contributed by atoms with van der Waals surface area (Å²) in [5.41, 5.74) is 1.01. The van der Waals surface area contributed by atoms with E-state index in [-0.39, 0.29) is 34.4 Å². The Morgan fingerprint density at radius 1 is 1.33 bits per heavy atom. The van der Waals surface area contributed by atoms with Crippen LogP contribution in [-0.2, 0) is 9.59 Å². The van der Waals surface area contributed by atoms with Crippen molar-refractivity contribution in [3.05, 3.63) is 33.8 Å². The quantitative estimate of drug-likeness (QED) is 0.185. The molecule has 118 valence electrons. The van der Waals surface area contributed by atoms with E-state index in [1.54, 1.807) is 30.3 Å². The minimum Gasteiger partial charge on any atom is -0.548 e. The molecular formula is C13H11LiN5O3S2+. The van der Waals surface area contributed by atoms with Gasteiger partial charge >= 0.3 is 24.8 Å². The number of H-pyrrole nitrogens is 2. The van der Waals surface area contributed by atoms with Gasteiger partial charge in [0.15, 0.2) is 0 Å². The smallest absolute Gasteiger partial charge is 0.548 e. The molecule has 0 amide bonds. The molecule has 2 rings (SSSR count). The normalized spacial score (nSPS) is 10.9. The summed E-state index contributed by atoms with van der Waals surface area (Å²) in [6, 6.07) is 5.55. The Morgan fingerprint density at radius 3 is 2.46 bits per heavy atom. The predicted molar refractivity (Wildman–Crippen MR) is 86.3 cm³/mol. The first-order chi connectivity index (χ1) is 10.9. The molecule has 0 radical (unpaired) electrons. The van der Waals surface area contributed by atoms with Crippen LogP contribution in [-0.4, -0.2) is 33.0 Å². The SMILES string of the molecule is CC(Nc1ccc([N+](=C=O)c2nc(=S)[nH]c(=S)[nH]2)cc1)C(=O)[O-].[Li+]. The summed E-state index contributed by atoms with van der Waals surface area (Å²) in [7, 11) is 0. The first-order valence-electron chi connectivity index (χ1n) is 6.36. The van der Waals surface area contributed by atoms with Gasteiger partial charge in [-0.3, -0.25) is 4.98 Å². The number of rotatable bonds is 5. The Morgan fingerprint density at radius 2 is 1.96 bits per heavy atom. The van der Waals surface area contributed by atoms with Gasteiger partial charge in [-0.2, -0.15) is 4.79 Å². The third-order valence-corrected chi connectivity index (χ3v) is 3.22. The Kier molecular flexibility index (Phi) is 7.22. The van der Waals surface area contributed by atoms with E-state index in [0.717, 1.165) is 4.58 Å². The molecule has 1 aromatic heterocycles. The third kappa shape index (κ3) is 4.96. The van der Waals surface area contributed by atoms with Crippen LogP contribution in [0.2, 0.25) is 0 Å². The van der Waals surface area contributed by atoms with E-state index < -0.39 is 12.0 Å². The van der Waals surface area contributed by atoms with E-state index in [9.17, 15) is 14.7 Å². The van der Waals surface area contributed by atoms with Crippen molar-refractivity contribution in [2.45, 2.75) is 13.0 Å². The van der Waals surface area contributed by atoms with Crippen LogP contribution >= 0.6 is 24.4 Å². The topological polar surface area (TPSA) is 117 Å². The van der Waals surface area contributed by atoms with Crippen LogP contribution in [0.4, 0.5) is 17.3 Å². The van der Waals surface area contributed by atoms with Crippen LogP contribution in [0.15, 0.2) is 24.3 Å². The second-order valence-electron chi connectivity index (χ2n) is 4.48. The molecule has 1 heterocycles. The molecule has 0 saturated heterocycles. The Hall–Kier alpha value is -2.08. The van der Waals surface area contributed by atoms with Gasteiger partial charge in [0, 0.05) is 5.69 Å². The van der Waals surface area contributed by atoms with E-state index in [1.807, 2.05) is 0 Å². The predicted octanol–water partition coefficient (Wildman–Crippen LogP) is -2.08. The van der Waals surface area contributed by atoms with E-state index >= 15 is 0 Å². The average Bonchev–Trinajstić information content (AvgIpc) is 2.48. The second kappa shape index (κ2) is 8.68. The molecule has 0 aliphatic rings. The van der Waals surface area contributed by atoms with Crippen molar-refractivity contribution in [2.24, 2.45) is 0 Å². The number of aromatic nitrogens is 3. The summed E-state index contributed by atoms with van der Waals surface area (Å²) >= 11 is 9.87. The van der Waals surface area contributed by atoms with Crippen molar-refractivity contribution >= 4 is 53.8 Å². The zero-order valence-corrected chi connectivity index (χ0v) is 14.5. The molecule has 3 N–H and O–H groups in total. The minimum absolute atomic E-state index is 0. The number of aliphatic carboxylic acids is 1. The van der Waals surface area contributed by atoms with Gasteiger partial charge in [0.25, 0.3) is 10.9 Å². The number of carboxylic acid groups (broad SMARTS) is 1. The van der Waals surface area contributed by atoms with Crippen LogP contribution in [0.1, 0.15) is 6.92 Å². The van der Waals surface area contributed by atoms with Gasteiger partial charge in [0.05, 0.1) is 12.0 Å². The second-order valence-corrected chi connectivity index (χ2v) is 5.27. The monoisotopic (exact) mass is 356 g/mol. The van der Waals surface area contributed by atoms with Gasteiger partial charge < -0.3 is 15.2 Å². The number of hydrogen-bond acceptors (Lipinski definition) is 7. The number of aromatic amines is 2. The number of benzene rings is 1. The number of carbonyl (C=O) groups excluding carboxylic acids is 2. The third-order valence-electron chi connectivity index (χ3n) is 2.82. The molecule has 2 aromatic rings. The summed E-state index contributed by atoms with van der Waals surface area (Å²) < 4.78 is 1.46. The molecule has 0 spiro atoms. The Labute approximate surface area is 158 Å². The number of anilines is 1. The maximum absolute atomic E-state index is 11.2. The van der Waals surface area contributed by atoms with Crippen molar-refractivity contribution in [3.63, 3.8) is 0 Å². The van der Waals surface area contributed by atoms with Gasteiger partial charge in [-0.25, -0.2) is 4.98 Å². The number of nitrogens with zero attached hydrogens (tertiary/aromatic N) is 2. The van der Waals surface area contributed by atoms with Crippen LogP contribution in [0.25, 0.3) is 0 Å². The number of hydrogen-bond donors (Lipinski definition) is 3. The Bertz CT molecular complexity index is 875. The molecule has 0 fully saturated rings. The summed E-state index contributed by atoms with van der Waals surface area (Å²) in [6.07, 6.45) is 1.73. The van der Waals surface area contributed by atoms with Crippen LogP contribution in [0.3, 0.4) is 0 Å². The fraction of sp³-hybridized carbons (Fsp3) is 0.154. The number of carbonyl (C=O) groups is 1. The van der Waals surface area contributed by atoms with Crippen molar-refractivity contribution in [3.8, 4) is 0 Å². The maximum Gasteiger partial charge on any atom is 1.00 e. The van der Waals surface area contributed by atoms with Gasteiger partial charge in [-0.15, -0.1) is 4.58 Å². The van der Waals surface area contributed by atoms with E-state index in [1.165, 1.54) is 6.92 Å². The zero-order valence-electron chi connectivity index (χ0n) is 12.8. The fourth-order valence-corrected chi connectivity index (χ4v) is 2.16. The summed E-state index contributed by atoms with van der Waals surface area (Å²) in [6.45, 7) is 1.46. The molecule has 11 heteroatoms. The Balaban J connectivity index is 0.00000288. The van der Waals surface area contributed by atoms with E-state index in [2.05, 4.69) is 20.3 Å². The largest absolute Gasteiger partial charge is 1.00 e. The molecule has 24 heavy (non-hydrogen) atoms. The maximum atomic E-state index is 11.2. The molecule has 0 aliphatic carbocycles. The fourth-order valence-electron chi connectivity index (χ4n) is 1.72. The summed E-state index contributed by atoms with van der Waals surface area (Å²) in [5, 5.41) is 13.4. The van der Waals surface area contributed by atoms with Crippen molar-refractivity contribution in [1.29, 1.82) is 0 Å². The molecule has 1 atom stereocenters. The number of carboxylic acids is 1. The number of isocyanates is 1. The van der Waals surface area contributed by atoms with Gasteiger partial charge in [-0.05, 0) is 60.6 Å². The standard InChI is InChI=1S/C13H11N5O3S2.Li/c1-7(10(20)21)14-8-2-4-9(5-3-8)18(6-19)11-15-12(22)17-13(23)16-11;/h2-5,7,14H,1H3,(H2-,15,16,17,20,21,22,23);/q;+1. The van der Waals surface area contributed by atoms with Crippen molar-refractivity contribution < 1.29 is 33.6 Å². The van der Waals surface area contributed by atoms with Crippen LogP contribution in [0.5, 0.6) is 0 Å². The molecule has 1 unspecified atom stereocenters. The van der Waals surface area contributed by atoms with Gasteiger partial charge in [-0.1, -0.05) is 0 Å². The molecule has 0 bridgehead atoms. The zero-order chi connectivity index (χ0) is 17.0. The summed E-state index contributed by atoms with van der Waals surface area (Å²) in [5.74, 6) is -1.09. The van der Waals surface area contributed by atoms with Crippen molar-refractivity contribution in [2.75, 3.05) is 5.32 Å². The van der Waals surface area contributed by atoms with Crippen molar-refractivity contribution in [1.82, 2.24) is 19.5 Å². The molecule has 1 aromatic carbocycles. The van der Waals surface area contributed by atoms with Gasteiger partial charge in [0.1, 0.15) is 5.69 Å². The van der Waals surface area contributed by atoms with Crippen LogP contribution in [0, 0.1) is 9.54 Å². The number of nitrogens with one attached hydrogen (secondary N) is 3. The summed E-state index contributed by atoms with van der Waals surface area (Å²) in [4.78, 5) is 31.2. The van der Waals surface area contributed by atoms with Gasteiger partial charge in [0.2, 0.25) is 4.77 Å². The molecular weight excluding hydrogens is 345 g/mol. The average molecular weight is 356 g/mol. The molecule has 0 saturated carbocycles.